The number of carbonyl (C=O) groups excluding carboxylic acids is 2. The number of rotatable bonds is 9. The second-order valence-corrected chi connectivity index (χ2v) is 6.32. The normalized spacial score (nSPS) is 20.0. The molecular formula is C20H38N2O3. The molecule has 1 rings (SSSR count). The summed E-state index contributed by atoms with van der Waals surface area (Å²) in [5.41, 5.74) is 0. The fourth-order valence-corrected chi connectivity index (χ4v) is 2.58. The lowest BCUT2D eigenvalue weighted by Crippen LogP contribution is -2.49. The SMILES string of the molecule is CC.CCC(C)/C=C/CCCC(OC)C(=O)NC1CCCCNC1=O. The highest BCUT2D eigenvalue weighted by molar-refractivity contribution is 5.89. The molecule has 0 bridgehead atoms. The van der Waals surface area contributed by atoms with Crippen LogP contribution in [0.5, 0.6) is 0 Å². The largest absolute Gasteiger partial charge is 0.372 e. The summed E-state index contributed by atoms with van der Waals surface area (Å²) in [5, 5.41) is 5.66. The molecule has 2 N–H and O–H groups in total. The minimum Gasteiger partial charge on any atom is -0.372 e. The lowest BCUT2D eigenvalue weighted by Gasteiger charge is -2.20. The monoisotopic (exact) mass is 354 g/mol. The topological polar surface area (TPSA) is 67.4 Å². The molecule has 0 spiro atoms. The summed E-state index contributed by atoms with van der Waals surface area (Å²) in [4.78, 5) is 24.2. The predicted molar refractivity (Wildman–Crippen MR) is 103 cm³/mol. The zero-order chi connectivity index (χ0) is 19.1. The first-order chi connectivity index (χ1) is 12.1. The van der Waals surface area contributed by atoms with E-state index < -0.39 is 12.1 Å². The Kier molecular flexibility index (Phi) is 14.1. The van der Waals surface area contributed by atoms with Crippen LogP contribution in [0, 0.1) is 5.92 Å². The molecule has 2 amide bonds. The fraction of sp³-hybridized carbons (Fsp3) is 0.800. The molecule has 1 fully saturated rings. The van der Waals surface area contributed by atoms with E-state index in [0.29, 0.717) is 25.3 Å². The van der Waals surface area contributed by atoms with Crippen LogP contribution in [0.1, 0.15) is 72.6 Å². The van der Waals surface area contributed by atoms with Gasteiger partial charge < -0.3 is 15.4 Å². The molecule has 25 heavy (non-hydrogen) atoms. The van der Waals surface area contributed by atoms with Crippen molar-refractivity contribution in [2.24, 2.45) is 5.92 Å². The van der Waals surface area contributed by atoms with Gasteiger partial charge in [-0.15, -0.1) is 0 Å². The number of ether oxygens (including phenoxy) is 1. The van der Waals surface area contributed by atoms with E-state index in [1.54, 1.807) is 7.11 Å². The lowest BCUT2D eigenvalue weighted by molar-refractivity contribution is -0.135. The van der Waals surface area contributed by atoms with Gasteiger partial charge in [0, 0.05) is 13.7 Å². The number of carbonyl (C=O) groups is 2. The third kappa shape index (κ3) is 10.3. The second-order valence-electron chi connectivity index (χ2n) is 6.32. The van der Waals surface area contributed by atoms with Gasteiger partial charge >= 0.3 is 0 Å². The Morgan fingerprint density at radius 1 is 1.40 bits per heavy atom. The van der Waals surface area contributed by atoms with Gasteiger partial charge in [-0.2, -0.15) is 0 Å². The highest BCUT2D eigenvalue weighted by atomic mass is 16.5. The summed E-state index contributed by atoms with van der Waals surface area (Å²) in [6.07, 6.45) is 10.2. The first kappa shape index (κ1) is 23.6. The van der Waals surface area contributed by atoms with E-state index in [1.165, 1.54) is 0 Å². The molecule has 0 aromatic carbocycles. The Bertz CT molecular complexity index is 396. The Balaban J connectivity index is 0.00000277. The fourth-order valence-electron chi connectivity index (χ4n) is 2.58. The maximum absolute atomic E-state index is 12.3. The molecule has 0 saturated carbocycles. The molecule has 1 aliphatic rings. The Hall–Kier alpha value is -1.36. The average Bonchev–Trinajstić information content (AvgIpc) is 2.84. The highest BCUT2D eigenvalue weighted by Gasteiger charge is 2.26. The predicted octanol–water partition coefficient (Wildman–Crippen LogP) is 3.59. The molecule has 3 unspecified atom stereocenters. The van der Waals surface area contributed by atoms with Crippen molar-refractivity contribution in [3.8, 4) is 0 Å². The summed E-state index contributed by atoms with van der Waals surface area (Å²) in [7, 11) is 1.55. The minimum atomic E-state index is -0.483. The first-order valence-electron chi connectivity index (χ1n) is 9.86. The third-order valence-corrected chi connectivity index (χ3v) is 4.37. The molecule has 0 aromatic heterocycles. The van der Waals surface area contributed by atoms with Crippen LogP contribution in [-0.2, 0) is 14.3 Å². The average molecular weight is 355 g/mol. The highest BCUT2D eigenvalue weighted by Crippen LogP contribution is 2.10. The zero-order valence-electron chi connectivity index (χ0n) is 16.8. The Labute approximate surface area is 154 Å². The molecule has 5 heteroatoms. The van der Waals surface area contributed by atoms with Crippen LogP contribution in [-0.4, -0.2) is 37.6 Å². The molecule has 1 saturated heterocycles. The summed E-state index contributed by atoms with van der Waals surface area (Å²) >= 11 is 0. The van der Waals surface area contributed by atoms with Crippen molar-refractivity contribution in [2.75, 3.05) is 13.7 Å². The van der Waals surface area contributed by atoms with Gasteiger partial charge in [0.2, 0.25) is 11.8 Å². The van der Waals surface area contributed by atoms with Gasteiger partial charge in [0.05, 0.1) is 0 Å². The van der Waals surface area contributed by atoms with Gasteiger partial charge in [0.25, 0.3) is 0 Å². The maximum atomic E-state index is 12.3. The van der Waals surface area contributed by atoms with Crippen molar-refractivity contribution in [1.82, 2.24) is 10.6 Å². The van der Waals surface area contributed by atoms with Crippen LogP contribution in [0.4, 0.5) is 0 Å². The number of allylic oxidation sites excluding steroid dienone is 2. The van der Waals surface area contributed by atoms with Crippen LogP contribution < -0.4 is 10.6 Å². The van der Waals surface area contributed by atoms with Crippen LogP contribution in [0.2, 0.25) is 0 Å². The molecule has 5 nitrogen and oxygen atoms in total. The van der Waals surface area contributed by atoms with Crippen LogP contribution in [0.3, 0.4) is 0 Å². The molecule has 0 aromatic rings. The van der Waals surface area contributed by atoms with E-state index in [9.17, 15) is 9.59 Å². The quantitative estimate of drug-likeness (QED) is 0.491. The van der Waals surface area contributed by atoms with Crippen molar-refractivity contribution in [3.63, 3.8) is 0 Å². The number of amides is 2. The minimum absolute atomic E-state index is 0.0813. The van der Waals surface area contributed by atoms with E-state index >= 15 is 0 Å². The zero-order valence-corrected chi connectivity index (χ0v) is 16.8. The van der Waals surface area contributed by atoms with Gasteiger partial charge in [0.15, 0.2) is 0 Å². The van der Waals surface area contributed by atoms with Crippen molar-refractivity contribution in [2.45, 2.75) is 84.8 Å². The Morgan fingerprint density at radius 3 is 2.76 bits per heavy atom. The molecular weight excluding hydrogens is 316 g/mol. The smallest absolute Gasteiger partial charge is 0.249 e. The molecule has 1 heterocycles. The second kappa shape index (κ2) is 14.9. The first-order valence-corrected chi connectivity index (χ1v) is 9.86. The molecule has 1 aliphatic heterocycles. The number of unbranched alkanes of at least 4 members (excludes halogenated alkanes) is 1. The van der Waals surface area contributed by atoms with E-state index in [4.69, 9.17) is 4.74 Å². The van der Waals surface area contributed by atoms with Gasteiger partial charge in [-0.05, 0) is 44.4 Å². The number of hydrogen-bond donors (Lipinski definition) is 2. The van der Waals surface area contributed by atoms with Crippen LogP contribution in [0.25, 0.3) is 0 Å². The third-order valence-electron chi connectivity index (χ3n) is 4.37. The molecule has 0 aliphatic carbocycles. The van der Waals surface area contributed by atoms with E-state index in [-0.39, 0.29) is 11.8 Å². The van der Waals surface area contributed by atoms with Crippen molar-refractivity contribution in [3.05, 3.63) is 12.2 Å². The van der Waals surface area contributed by atoms with Crippen LogP contribution >= 0.6 is 0 Å². The van der Waals surface area contributed by atoms with E-state index in [1.807, 2.05) is 13.8 Å². The van der Waals surface area contributed by atoms with Crippen molar-refractivity contribution >= 4 is 11.8 Å². The van der Waals surface area contributed by atoms with E-state index in [2.05, 4.69) is 36.6 Å². The molecule has 0 radical (unpaired) electrons. The van der Waals surface area contributed by atoms with Gasteiger partial charge in [0.1, 0.15) is 12.1 Å². The number of hydrogen-bond acceptors (Lipinski definition) is 3. The maximum Gasteiger partial charge on any atom is 0.249 e. The summed E-state index contributed by atoms with van der Waals surface area (Å²) < 4.78 is 5.30. The van der Waals surface area contributed by atoms with Gasteiger partial charge in [-0.1, -0.05) is 46.3 Å². The van der Waals surface area contributed by atoms with Crippen molar-refractivity contribution < 1.29 is 14.3 Å². The Morgan fingerprint density at radius 2 is 2.12 bits per heavy atom. The summed E-state index contributed by atoms with van der Waals surface area (Å²) in [6, 6.07) is -0.423. The van der Waals surface area contributed by atoms with Crippen molar-refractivity contribution in [1.29, 1.82) is 0 Å². The molecule has 146 valence electrons. The van der Waals surface area contributed by atoms with Crippen LogP contribution in [0.15, 0.2) is 12.2 Å². The number of nitrogens with one attached hydrogen (secondary N) is 2. The van der Waals surface area contributed by atoms with Gasteiger partial charge in [-0.25, -0.2) is 0 Å². The summed E-state index contributed by atoms with van der Waals surface area (Å²) in [6.45, 7) is 9.06. The van der Waals surface area contributed by atoms with E-state index in [0.717, 1.165) is 32.1 Å². The van der Waals surface area contributed by atoms with Gasteiger partial charge in [-0.3, -0.25) is 9.59 Å². The molecule has 3 atom stereocenters. The lowest BCUT2D eigenvalue weighted by atomic mass is 10.1. The summed E-state index contributed by atoms with van der Waals surface area (Å²) in [5.74, 6) is 0.341. The standard InChI is InChI=1S/C18H32N2O3.C2H6/c1-4-14(2)10-6-5-7-12-16(23-3)18(22)20-15-11-8-9-13-19-17(15)21;1-2/h6,10,14-16H,4-5,7-9,11-13H2,1-3H3,(H,19,21)(H,20,22);1-2H3/b10-6+;. The number of methoxy groups -OCH3 is 1.